The van der Waals surface area contributed by atoms with Gasteiger partial charge in [-0.3, -0.25) is 9.48 Å². The topological polar surface area (TPSA) is 72.1 Å². The first kappa shape index (κ1) is 15.9. The van der Waals surface area contributed by atoms with Gasteiger partial charge in [0.2, 0.25) is 5.91 Å². The van der Waals surface area contributed by atoms with E-state index in [-0.39, 0.29) is 17.7 Å². The first-order valence-electron chi connectivity index (χ1n) is 8.65. The second-order valence-electron chi connectivity index (χ2n) is 6.61. The molecule has 6 heteroatoms. The van der Waals surface area contributed by atoms with Gasteiger partial charge in [0.05, 0.1) is 12.1 Å². The van der Waals surface area contributed by atoms with Crippen molar-refractivity contribution in [2.45, 2.75) is 12.3 Å². The van der Waals surface area contributed by atoms with E-state index in [1.165, 1.54) is 0 Å². The molecule has 0 aliphatic carbocycles. The Labute approximate surface area is 146 Å². The average Bonchev–Trinajstić information content (AvgIpc) is 3.32. The number of amides is 1. The van der Waals surface area contributed by atoms with Gasteiger partial charge in [-0.25, -0.2) is 0 Å². The summed E-state index contributed by atoms with van der Waals surface area (Å²) >= 11 is 0. The molecule has 1 amide bonds. The van der Waals surface area contributed by atoms with Crippen molar-refractivity contribution in [3.63, 3.8) is 0 Å². The molecular formula is C19H22N4O2. The van der Waals surface area contributed by atoms with Crippen molar-refractivity contribution in [3.8, 4) is 0 Å². The summed E-state index contributed by atoms with van der Waals surface area (Å²) in [6.07, 6.45) is 4.54. The van der Waals surface area contributed by atoms with Crippen LogP contribution in [0.15, 0.2) is 47.1 Å². The van der Waals surface area contributed by atoms with Crippen molar-refractivity contribution in [1.82, 2.24) is 20.4 Å². The van der Waals surface area contributed by atoms with E-state index < -0.39 is 0 Å². The van der Waals surface area contributed by atoms with Crippen molar-refractivity contribution < 1.29 is 9.21 Å². The molecule has 130 valence electrons. The quantitative estimate of drug-likeness (QED) is 0.744. The van der Waals surface area contributed by atoms with Crippen LogP contribution in [-0.2, 0) is 18.3 Å². The second-order valence-corrected chi connectivity index (χ2v) is 6.61. The van der Waals surface area contributed by atoms with Crippen LogP contribution in [0.2, 0.25) is 0 Å². The summed E-state index contributed by atoms with van der Waals surface area (Å²) in [6, 6.07) is 9.99. The first-order valence-corrected chi connectivity index (χ1v) is 8.65. The van der Waals surface area contributed by atoms with Gasteiger partial charge in [0.15, 0.2) is 0 Å². The third-order valence-corrected chi connectivity index (χ3v) is 4.85. The van der Waals surface area contributed by atoms with Crippen LogP contribution in [0.25, 0.3) is 11.0 Å². The molecule has 0 bridgehead atoms. The van der Waals surface area contributed by atoms with Crippen molar-refractivity contribution in [3.05, 3.63) is 54.0 Å². The number of aromatic nitrogens is 2. The minimum Gasteiger partial charge on any atom is -0.461 e. The third-order valence-electron chi connectivity index (χ3n) is 4.85. The summed E-state index contributed by atoms with van der Waals surface area (Å²) in [4.78, 5) is 12.6. The number of furan rings is 1. The first-order chi connectivity index (χ1) is 12.2. The highest BCUT2D eigenvalue weighted by Gasteiger charge is 2.34. The Balaban J connectivity index is 1.35. The predicted molar refractivity (Wildman–Crippen MR) is 95.2 cm³/mol. The van der Waals surface area contributed by atoms with Gasteiger partial charge in [-0.1, -0.05) is 18.2 Å². The minimum absolute atomic E-state index is 0.0557. The van der Waals surface area contributed by atoms with Crippen LogP contribution in [-0.4, -0.2) is 35.3 Å². The summed E-state index contributed by atoms with van der Waals surface area (Å²) in [7, 11) is 1.90. The zero-order valence-corrected chi connectivity index (χ0v) is 14.2. The molecule has 0 spiro atoms. The van der Waals surface area contributed by atoms with E-state index in [2.05, 4.69) is 15.7 Å². The molecule has 3 aromatic rings. The number of para-hydroxylation sites is 1. The minimum atomic E-state index is -0.0557. The average molecular weight is 338 g/mol. The molecule has 2 aromatic heterocycles. The number of fused-ring (bicyclic) bond motifs is 1. The van der Waals surface area contributed by atoms with Crippen LogP contribution < -0.4 is 10.6 Å². The molecule has 0 unspecified atom stereocenters. The maximum absolute atomic E-state index is 12.6. The Morgan fingerprint density at radius 3 is 3.08 bits per heavy atom. The molecule has 25 heavy (non-hydrogen) atoms. The lowest BCUT2D eigenvalue weighted by atomic mass is 9.90. The zero-order chi connectivity index (χ0) is 17.2. The molecule has 6 nitrogen and oxygen atoms in total. The molecule has 1 aliphatic heterocycles. The Bertz CT molecular complexity index is 849. The standard InChI is InChI=1S/C19H22N4O2/c1-23-12-14(9-22-23)16-10-20-11-17(16)19(24)21-7-6-15-8-13-4-2-3-5-18(13)25-15/h2-5,8-9,12,16-17,20H,6-7,10-11H2,1H3,(H,21,24)/t16-,17+/m1/s1. The fourth-order valence-electron chi connectivity index (χ4n) is 3.54. The highest BCUT2D eigenvalue weighted by atomic mass is 16.3. The number of rotatable bonds is 5. The third kappa shape index (κ3) is 3.30. The van der Waals surface area contributed by atoms with Gasteiger partial charge < -0.3 is 15.1 Å². The van der Waals surface area contributed by atoms with Gasteiger partial charge in [0.1, 0.15) is 11.3 Å². The van der Waals surface area contributed by atoms with Crippen molar-refractivity contribution >= 4 is 16.9 Å². The number of hydrogen-bond acceptors (Lipinski definition) is 4. The molecule has 1 aliphatic rings. The van der Waals surface area contributed by atoms with E-state index >= 15 is 0 Å². The van der Waals surface area contributed by atoms with Gasteiger partial charge in [-0.15, -0.1) is 0 Å². The highest BCUT2D eigenvalue weighted by molar-refractivity contribution is 5.80. The van der Waals surface area contributed by atoms with Crippen molar-refractivity contribution in [2.75, 3.05) is 19.6 Å². The number of benzene rings is 1. The van der Waals surface area contributed by atoms with E-state index in [4.69, 9.17) is 4.42 Å². The van der Waals surface area contributed by atoms with Crippen molar-refractivity contribution in [2.24, 2.45) is 13.0 Å². The maximum atomic E-state index is 12.6. The molecule has 4 rings (SSSR count). The number of aryl methyl sites for hydroxylation is 1. The monoisotopic (exact) mass is 338 g/mol. The summed E-state index contributed by atoms with van der Waals surface area (Å²) in [6.45, 7) is 2.10. The lowest BCUT2D eigenvalue weighted by Gasteiger charge is -2.16. The fourth-order valence-corrected chi connectivity index (χ4v) is 3.54. The van der Waals surface area contributed by atoms with E-state index in [0.717, 1.165) is 28.8 Å². The van der Waals surface area contributed by atoms with Crippen LogP contribution in [0.3, 0.4) is 0 Å². The number of hydrogen-bond donors (Lipinski definition) is 2. The summed E-state index contributed by atoms with van der Waals surface area (Å²) in [5, 5.41) is 11.7. The Kier molecular flexibility index (Phi) is 4.28. The molecule has 0 radical (unpaired) electrons. The lowest BCUT2D eigenvalue weighted by molar-refractivity contribution is -0.124. The smallest absolute Gasteiger partial charge is 0.225 e. The molecular weight excluding hydrogens is 316 g/mol. The molecule has 3 heterocycles. The second kappa shape index (κ2) is 6.72. The highest BCUT2D eigenvalue weighted by Crippen LogP contribution is 2.28. The number of nitrogens with zero attached hydrogens (tertiary/aromatic N) is 2. The normalized spacial score (nSPS) is 20.2. The molecule has 1 fully saturated rings. The fraction of sp³-hybridized carbons (Fsp3) is 0.368. The van der Waals surface area contributed by atoms with Gasteiger partial charge >= 0.3 is 0 Å². The molecule has 2 atom stereocenters. The van der Waals surface area contributed by atoms with Crippen LogP contribution >= 0.6 is 0 Å². The zero-order valence-electron chi connectivity index (χ0n) is 14.2. The number of carbonyl (C=O) groups excluding carboxylic acids is 1. The Morgan fingerprint density at radius 1 is 1.40 bits per heavy atom. The Hall–Kier alpha value is -2.60. The van der Waals surface area contributed by atoms with Crippen LogP contribution in [0.5, 0.6) is 0 Å². The molecule has 0 saturated carbocycles. The van der Waals surface area contributed by atoms with Crippen LogP contribution in [0, 0.1) is 5.92 Å². The van der Waals surface area contributed by atoms with Crippen LogP contribution in [0.4, 0.5) is 0 Å². The number of carbonyl (C=O) groups is 1. The van der Waals surface area contributed by atoms with E-state index in [1.54, 1.807) is 4.68 Å². The summed E-state index contributed by atoms with van der Waals surface area (Å²) < 4.78 is 7.58. The number of nitrogens with one attached hydrogen (secondary N) is 2. The summed E-state index contributed by atoms with van der Waals surface area (Å²) in [5.74, 6) is 1.12. The van der Waals surface area contributed by atoms with E-state index in [9.17, 15) is 4.79 Å². The van der Waals surface area contributed by atoms with Crippen molar-refractivity contribution in [1.29, 1.82) is 0 Å². The van der Waals surface area contributed by atoms with E-state index in [1.807, 2.05) is 49.8 Å². The molecule has 2 N–H and O–H groups in total. The predicted octanol–water partition coefficient (Wildman–Crippen LogP) is 1.83. The van der Waals surface area contributed by atoms with Gasteiger partial charge in [-0.2, -0.15) is 5.10 Å². The largest absolute Gasteiger partial charge is 0.461 e. The summed E-state index contributed by atoms with van der Waals surface area (Å²) in [5.41, 5.74) is 2.00. The van der Waals surface area contributed by atoms with Crippen LogP contribution in [0.1, 0.15) is 17.2 Å². The molecule has 1 saturated heterocycles. The van der Waals surface area contributed by atoms with Gasteiger partial charge in [0, 0.05) is 50.6 Å². The lowest BCUT2D eigenvalue weighted by Crippen LogP contribution is -2.35. The van der Waals surface area contributed by atoms with E-state index in [0.29, 0.717) is 19.5 Å². The SMILES string of the molecule is Cn1cc([C@H]2CNC[C@@H]2C(=O)NCCc2cc3ccccc3o2)cn1. The van der Waals surface area contributed by atoms with Gasteiger partial charge in [-0.05, 0) is 17.7 Å². The Morgan fingerprint density at radius 2 is 2.28 bits per heavy atom. The maximum Gasteiger partial charge on any atom is 0.225 e. The molecule has 1 aromatic carbocycles. The van der Waals surface area contributed by atoms with Gasteiger partial charge in [0.25, 0.3) is 0 Å².